The Labute approximate surface area is 139 Å². The van der Waals surface area contributed by atoms with Gasteiger partial charge in [0, 0.05) is 38.1 Å². The highest BCUT2D eigenvalue weighted by molar-refractivity contribution is 6.01. The Morgan fingerprint density at radius 1 is 1.33 bits per heavy atom. The normalized spacial score (nSPS) is 20.7. The lowest BCUT2D eigenvalue weighted by atomic mass is 10.1. The number of nitrogens with zero attached hydrogens (tertiary/aromatic N) is 1. The van der Waals surface area contributed by atoms with Crippen LogP contribution >= 0.6 is 0 Å². The standard InChI is InChI=1S/C17H20N2O5/c1-22-9-12-11-5-3-4-6-14(11)24-15(12)17(21)19-8-10(23-2)7-13(19)16(18)20/h3-6,10,13H,7-9H2,1-2H3,(H2,18,20)/t10-,13-/m0/s1. The number of hydrogen-bond donors (Lipinski definition) is 1. The van der Waals surface area contributed by atoms with Gasteiger partial charge in [0.05, 0.1) is 12.7 Å². The van der Waals surface area contributed by atoms with Crippen LogP contribution in [0.2, 0.25) is 0 Å². The Kier molecular flexibility index (Phi) is 4.55. The Morgan fingerprint density at radius 2 is 2.08 bits per heavy atom. The van der Waals surface area contributed by atoms with Gasteiger partial charge in [0.15, 0.2) is 5.76 Å². The van der Waals surface area contributed by atoms with Gasteiger partial charge in [0.25, 0.3) is 5.91 Å². The average Bonchev–Trinajstić information content (AvgIpc) is 3.17. The maximum Gasteiger partial charge on any atom is 0.290 e. The third kappa shape index (κ3) is 2.76. The molecule has 3 rings (SSSR count). The van der Waals surface area contributed by atoms with Gasteiger partial charge < -0.3 is 24.5 Å². The number of carbonyl (C=O) groups is 2. The zero-order valence-corrected chi connectivity index (χ0v) is 13.7. The third-order valence-electron chi connectivity index (χ3n) is 4.37. The van der Waals surface area contributed by atoms with Crippen molar-refractivity contribution in [2.75, 3.05) is 20.8 Å². The van der Waals surface area contributed by atoms with Crippen LogP contribution in [0.5, 0.6) is 0 Å². The number of fused-ring (bicyclic) bond motifs is 1. The van der Waals surface area contributed by atoms with Crippen LogP contribution in [0.25, 0.3) is 11.0 Å². The molecular weight excluding hydrogens is 312 g/mol. The van der Waals surface area contributed by atoms with Crippen LogP contribution in [0.1, 0.15) is 22.5 Å². The van der Waals surface area contributed by atoms with Gasteiger partial charge in [-0.2, -0.15) is 0 Å². The van der Waals surface area contributed by atoms with E-state index in [9.17, 15) is 9.59 Å². The van der Waals surface area contributed by atoms with E-state index in [1.807, 2.05) is 18.2 Å². The van der Waals surface area contributed by atoms with Crippen LogP contribution in [0.4, 0.5) is 0 Å². The van der Waals surface area contributed by atoms with Crippen molar-refractivity contribution in [3.63, 3.8) is 0 Å². The van der Waals surface area contributed by atoms with E-state index in [4.69, 9.17) is 19.6 Å². The molecule has 0 saturated carbocycles. The second-order valence-corrected chi connectivity index (χ2v) is 5.81. The molecular formula is C17H20N2O5. The van der Waals surface area contributed by atoms with E-state index in [0.29, 0.717) is 24.1 Å². The molecule has 0 radical (unpaired) electrons. The van der Waals surface area contributed by atoms with Gasteiger partial charge in [-0.05, 0) is 6.07 Å². The van der Waals surface area contributed by atoms with Crippen molar-refractivity contribution in [3.8, 4) is 0 Å². The molecule has 1 fully saturated rings. The monoisotopic (exact) mass is 332 g/mol. The summed E-state index contributed by atoms with van der Waals surface area (Å²) >= 11 is 0. The molecule has 24 heavy (non-hydrogen) atoms. The van der Waals surface area contributed by atoms with Crippen molar-refractivity contribution in [1.29, 1.82) is 0 Å². The van der Waals surface area contributed by atoms with E-state index in [-0.39, 0.29) is 24.4 Å². The topological polar surface area (TPSA) is 95.0 Å². The summed E-state index contributed by atoms with van der Waals surface area (Å²) in [7, 11) is 3.10. The van der Waals surface area contributed by atoms with Crippen molar-refractivity contribution < 1.29 is 23.5 Å². The Hall–Kier alpha value is -2.38. The van der Waals surface area contributed by atoms with Crippen LogP contribution in [0.15, 0.2) is 28.7 Å². The molecule has 2 heterocycles. The summed E-state index contributed by atoms with van der Waals surface area (Å²) in [6.45, 7) is 0.535. The smallest absolute Gasteiger partial charge is 0.290 e. The Balaban J connectivity index is 2.01. The summed E-state index contributed by atoms with van der Waals surface area (Å²) in [6, 6.07) is 6.66. The van der Waals surface area contributed by atoms with E-state index in [0.717, 1.165) is 5.39 Å². The summed E-state index contributed by atoms with van der Waals surface area (Å²) < 4.78 is 16.3. The highest BCUT2D eigenvalue weighted by atomic mass is 16.5. The number of primary amides is 1. The molecule has 1 saturated heterocycles. The van der Waals surface area contributed by atoms with Crippen molar-refractivity contribution in [2.45, 2.75) is 25.2 Å². The number of benzene rings is 1. The number of likely N-dealkylation sites (tertiary alicyclic amines) is 1. The lowest BCUT2D eigenvalue weighted by molar-refractivity contribution is -0.121. The second kappa shape index (κ2) is 6.62. The molecule has 128 valence electrons. The average molecular weight is 332 g/mol. The first-order valence-corrected chi connectivity index (χ1v) is 7.69. The highest BCUT2D eigenvalue weighted by Crippen LogP contribution is 2.30. The zero-order chi connectivity index (χ0) is 17.3. The number of ether oxygens (including phenoxy) is 2. The van der Waals surface area contributed by atoms with E-state index >= 15 is 0 Å². The molecule has 0 bridgehead atoms. The maximum absolute atomic E-state index is 13.0. The van der Waals surface area contributed by atoms with Gasteiger partial charge in [-0.3, -0.25) is 9.59 Å². The van der Waals surface area contributed by atoms with Gasteiger partial charge >= 0.3 is 0 Å². The van der Waals surface area contributed by atoms with Crippen LogP contribution < -0.4 is 5.73 Å². The molecule has 1 aromatic heterocycles. The molecule has 0 unspecified atom stereocenters. The van der Waals surface area contributed by atoms with Crippen LogP contribution in [0, 0.1) is 0 Å². The first-order chi connectivity index (χ1) is 11.6. The number of furan rings is 1. The number of rotatable bonds is 5. The van der Waals surface area contributed by atoms with Crippen LogP contribution in [0.3, 0.4) is 0 Å². The Bertz CT molecular complexity index is 769. The zero-order valence-electron chi connectivity index (χ0n) is 13.7. The summed E-state index contributed by atoms with van der Waals surface area (Å²) in [5.41, 5.74) is 6.72. The van der Waals surface area contributed by atoms with Crippen LogP contribution in [-0.4, -0.2) is 49.6 Å². The van der Waals surface area contributed by atoms with Gasteiger partial charge in [-0.1, -0.05) is 18.2 Å². The third-order valence-corrected chi connectivity index (χ3v) is 4.37. The minimum atomic E-state index is -0.703. The predicted molar refractivity (Wildman–Crippen MR) is 86.4 cm³/mol. The number of methoxy groups -OCH3 is 2. The van der Waals surface area contributed by atoms with Crippen molar-refractivity contribution in [1.82, 2.24) is 4.90 Å². The van der Waals surface area contributed by atoms with Crippen LogP contribution in [-0.2, 0) is 20.9 Å². The molecule has 7 heteroatoms. The molecule has 1 aliphatic rings. The minimum Gasteiger partial charge on any atom is -0.451 e. The minimum absolute atomic E-state index is 0.182. The van der Waals surface area contributed by atoms with Crippen molar-refractivity contribution in [2.24, 2.45) is 5.73 Å². The lowest BCUT2D eigenvalue weighted by Gasteiger charge is -2.21. The van der Waals surface area contributed by atoms with Crippen molar-refractivity contribution >= 4 is 22.8 Å². The summed E-state index contributed by atoms with van der Waals surface area (Å²) in [4.78, 5) is 26.1. The molecule has 1 aromatic carbocycles. The predicted octanol–water partition coefficient (Wildman–Crippen LogP) is 1.29. The second-order valence-electron chi connectivity index (χ2n) is 5.81. The molecule has 2 amide bonds. The number of carbonyl (C=O) groups excluding carboxylic acids is 2. The number of nitrogens with two attached hydrogens (primary N) is 1. The fourth-order valence-corrected chi connectivity index (χ4v) is 3.15. The van der Waals surface area contributed by atoms with Gasteiger partial charge in [-0.25, -0.2) is 0 Å². The summed E-state index contributed by atoms with van der Waals surface area (Å²) in [5.74, 6) is -0.741. The molecule has 2 atom stereocenters. The fraction of sp³-hybridized carbons (Fsp3) is 0.412. The van der Waals surface area contributed by atoms with E-state index in [2.05, 4.69) is 0 Å². The summed E-state index contributed by atoms with van der Waals surface area (Å²) in [6.07, 6.45) is 0.166. The van der Waals surface area contributed by atoms with Gasteiger partial charge in [0.2, 0.25) is 5.91 Å². The van der Waals surface area contributed by atoms with E-state index < -0.39 is 11.9 Å². The number of hydrogen-bond acceptors (Lipinski definition) is 5. The fourth-order valence-electron chi connectivity index (χ4n) is 3.15. The molecule has 0 spiro atoms. The van der Waals surface area contributed by atoms with E-state index in [1.54, 1.807) is 20.3 Å². The van der Waals surface area contributed by atoms with Gasteiger partial charge in [-0.15, -0.1) is 0 Å². The van der Waals surface area contributed by atoms with Crippen molar-refractivity contribution in [3.05, 3.63) is 35.6 Å². The first-order valence-electron chi connectivity index (χ1n) is 7.69. The molecule has 7 nitrogen and oxygen atoms in total. The molecule has 2 N–H and O–H groups in total. The molecule has 1 aliphatic heterocycles. The maximum atomic E-state index is 13.0. The highest BCUT2D eigenvalue weighted by Gasteiger charge is 2.40. The summed E-state index contributed by atoms with van der Waals surface area (Å²) in [5, 5.41) is 0.820. The SMILES string of the molecule is COCc1c(C(=O)N2C[C@@H](OC)C[C@H]2C(N)=O)oc2ccccc12. The van der Waals surface area contributed by atoms with E-state index in [1.165, 1.54) is 4.90 Å². The largest absolute Gasteiger partial charge is 0.451 e. The Morgan fingerprint density at radius 3 is 2.75 bits per heavy atom. The molecule has 2 aromatic rings. The number of para-hydroxylation sites is 1. The lowest BCUT2D eigenvalue weighted by Crippen LogP contribution is -2.43. The number of amides is 2. The van der Waals surface area contributed by atoms with Gasteiger partial charge in [0.1, 0.15) is 11.6 Å². The molecule has 0 aliphatic carbocycles. The quantitative estimate of drug-likeness (QED) is 0.890. The first kappa shape index (κ1) is 16.5.